The topological polar surface area (TPSA) is 81.2 Å². The van der Waals surface area contributed by atoms with E-state index in [9.17, 15) is 4.79 Å². The number of aromatic nitrogens is 3. The number of piperidine rings is 1. The highest BCUT2D eigenvalue weighted by atomic mass is 16.5. The molecule has 0 radical (unpaired) electrons. The van der Waals surface area contributed by atoms with Gasteiger partial charge in [-0.3, -0.25) is 9.89 Å². The van der Waals surface area contributed by atoms with Gasteiger partial charge in [0.1, 0.15) is 17.0 Å². The summed E-state index contributed by atoms with van der Waals surface area (Å²) in [5.74, 6) is 2.25. The maximum atomic E-state index is 12.3. The van der Waals surface area contributed by atoms with E-state index in [0.29, 0.717) is 11.4 Å². The van der Waals surface area contributed by atoms with Crippen molar-refractivity contribution < 1.29 is 9.47 Å². The number of aryl methyl sites for hydroxylation is 1. The van der Waals surface area contributed by atoms with Gasteiger partial charge in [0.05, 0.1) is 20.4 Å². The first-order valence-electron chi connectivity index (χ1n) is 9.61. The van der Waals surface area contributed by atoms with Crippen LogP contribution in [0.3, 0.4) is 0 Å². The molecule has 7 heteroatoms. The zero-order valence-corrected chi connectivity index (χ0v) is 16.5. The minimum Gasteiger partial charge on any atom is -0.496 e. The monoisotopic (exact) mass is 382 g/mol. The fraction of sp³-hybridized carbons (Fsp3) is 0.429. The molecule has 0 atom stereocenters. The van der Waals surface area contributed by atoms with Gasteiger partial charge >= 0.3 is 0 Å². The molecule has 1 aliphatic heterocycles. The Bertz CT molecular complexity index is 1020. The molecule has 0 saturated carbocycles. The summed E-state index contributed by atoms with van der Waals surface area (Å²) in [5, 5.41) is 11.1. The molecular weight excluding hydrogens is 356 g/mol. The van der Waals surface area contributed by atoms with Gasteiger partial charge < -0.3 is 19.4 Å². The third-order valence-corrected chi connectivity index (χ3v) is 5.66. The second kappa shape index (κ2) is 7.67. The largest absolute Gasteiger partial charge is 0.496 e. The number of ether oxygens (including phenoxy) is 2. The van der Waals surface area contributed by atoms with Crippen LogP contribution >= 0.6 is 0 Å². The first kappa shape index (κ1) is 18.6. The summed E-state index contributed by atoms with van der Waals surface area (Å²) < 4.78 is 13.1. The van der Waals surface area contributed by atoms with Crippen LogP contribution < -0.4 is 20.3 Å². The Kier molecular flexibility index (Phi) is 5.09. The number of aromatic amines is 1. The molecule has 0 amide bonds. The van der Waals surface area contributed by atoms with E-state index >= 15 is 0 Å². The molecule has 0 aliphatic carbocycles. The van der Waals surface area contributed by atoms with Crippen LogP contribution in [0.2, 0.25) is 0 Å². The number of nitrogens with one attached hydrogen (secondary N) is 2. The van der Waals surface area contributed by atoms with E-state index in [0.717, 1.165) is 65.9 Å². The zero-order valence-electron chi connectivity index (χ0n) is 16.5. The summed E-state index contributed by atoms with van der Waals surface area (Å²) in [4.78, 5) is 12.3. The van der Waals surface area contributed by atoms with Crippen molar-refractivity contribution >= 4 is 10.9 Å². The fourth-order valence-corrected chi connectivity index (χ4v) is 4.10. The van der Waals surface area contributed by atoms with Gasteiger partial charge in [-0.1, -0.05) is 0 Å². The molecule has 1 aromatic carbocycles. The number of rotatable bonds is 5. The number of H-pyrrole nitrogens is 1. The first-order chi connectivity index (χ1) is 13.6. The van der Waals surface area contributed by atoms with Crippen LogP contribution in [0.25, 0.3) is 22.0 Å². The number of hydrogen-bond donors (Lipinski definition) is 2. The average molecular weight is 382 g/mol. The third kappa shape index (κ3) is 3.26. The molecule has 3 heterocycles. The van der Waals surface area contributed by atoms with E-state index in [1.165, 1.54) is 0 Å². The Morgan fingerprint density at radius 3 is 2.50 bits per heavy atom. The van der Waals surface area contributed by atoms with Crippen molar-refractivity contribution in [1.82, 2.24) is 20.1 Å². The molecule has 28 heavy (non-hydrogen) atoms. The minimum absolute atomic E-state index is 0.0993. The normalized spacial score (nSPS) is 15.1. The lowest BCUT2D eigenvalue weighted by atomic mass is 9.89. The fourth-order valence-electron chi connectivity index (χ4n) is 4.10. The highest BCUT2D eigenvalue weighted by molar-refractivity contribution is 5.94. The second-order valence-electron chi connectivity index (χ2n) is 7.37. The number of methoxy groups -OCH3 is 2. The Hall–Kier alpha value is -2.80. The summed E-state index contributed by atoms with van der Waals surface area (Å²) >= 11 is 0. The molecule has 0 unspecified atom stereocenters. The van der Waals surface area contributed by atoms with Gasteiger partial charge in [0.25, 0.3) is 5.56 Å². The number of nitrogens with zero attached hydrogens (tertiary/aromatic N) is 2. The molecule has 1 aliphatic rings. The van der Waals surface area contributed by atoms with Crippen LogP contribution in [0, 0.1) is 5.92 Å². The van der Waals surface area contributed by atoms with Gasteiger partial charge in [-0.25, -0.2) is 0 Å². The van der Waals surface area contributed by atoms with Gasteiger partial charge in [-0.2, -0.15) is 5.10 Å². The molecular formula is C21H26N4O3. The van der Waals surface area contributed by atoms with Crippen molar-refractivity contribution in [1.29, 1.82) is 0 Å². The van der Waals surface area contributed by atoms with Gasteiger partial charge in [0.2, 0.25) is 0 Å². The number of benzene rings is 1. The van der Waals surface area contributed by atoms with E-state index < -0.39 is 0 Å². The molecule has 0 spiro atoms. The quantitative estimate of drug-likeness (QED) is 0.709. The van der Waals surface area contributed by atoms with Crippen LogP contribution in [0.1, 0.15) is 18.4 Å². The van der Waals surface area contributed by atoms with Crippen LogP contribution in [-0.2, 0) is 13.5 Å². The van der Waals surface area contributed by atoms with Crippen molar-refractivity contribution in [2.45, 2.75) is 19.3 Å². The molecule has 2 aromatic heterocycles. The van der Waals surface area contributed by atoms with Crippen LogP contribution in [0.15, 0.2) is 29.3 Å². The number of fused-ring (bicyclic) bond motifs is 1. The van der Waals surface area contributed by atoms with Crippen molar-refractivity contribution in [2.24, 2.45) is 13.0 Å². The van der Waals surface area contributed by atoms with Crippen LogP contribution in [0.5, 0.6) is 11.5 Å². The molecule has 1 saturated heterocycles. The Morgan fingerprint density at radius 1 is 1.18 bits per heavy atom. The summed E-state index contributed by atoms with van der Waals surface area (Å²) in [5.41, 5.74) is 3.35. The number of pyridine rings is 1. The van der Waals surface area contributed by atoms with Gasteiger partial charge in [-0.05, 0) is 56.0 Å². The Morgan fingerprint density at radius 2 is 1.86 bits per heavy atom. The molecule has 2 N–H and O–H groups in total. The molecule has 3 aromatic rings. The molecule has 0 bridgehead atoms. The van der Waals surface area contributed by atoms with Gasteiger partial charge in [-0.15, -0.1) is 0 Å². The standard InChI is InChI=1S/C21H26N4O3/c1-25-12-17(16-11-23-24-20(16)21(25)26)14-9-18(27-2)15(19(10-14)28-3)8-13-4-6-22-7-5-13/h9-13,22H,4-8H2,1-3H3,(H,23,24). The van der Waals surface area contributed by atoms with Crippen LogP contribution in [-0.4, -0.2) is 42.1 Å². The van der Waals surface area contributed by atoms with E-state index in [4.69, 9.17) is 9.47 Å². The lowest BCUT2D eigenvalue weighted by Gasteiger charge is -2.24. The summed E-state index contributed by atoms with van der Waals surface area (Å²) in [7, 11) is 5.13. The molecule has 148 valence electrons. The Balaban J connectivity index is 1.82. The highest BCUT2D eigenvalue weighted by Gasteiger charge is 2.21. The van der Waals surface area contributed by atoms with Crippen LogP contribution in [0.4, 0.5) is 0 Å². The predicted octanol–water partition coefficient (Wildman–Crippen LogP) is 2.49. The second-order valence-corrected chi connectivity index (χ2v) is 7.37. The summed E-state index contributed by atoms with van der Waals surface area (Å²) in [6, 6.07) is 4.07. The molecule has 4 rings (SSSR count). The zero-order chi connectivity index (χ0) is 19.7. The SMILES string of the molecule is COc1cc(-c2cn(C)c(=O)c3[nH]ncc23)cc(OC)c1CC1CCNCC1. The lowest BCUT2D eigenvalue weighted by Crippen LogP contribution is -2.28. The first-order valence-corrected chi connectivity index (χ1v) is 9.61. The van der Waals surface area contributed by atoms with Crippen molar-refractivity contribution in [3.05, 3.63) is 40.4 Å². The van der Waals surface area contributed by atoms with E-state index in [-0.39, 0.29) is 5.56 Å². The number of hydrogen-bond acceptors (Lipinski definition) is 5. The van der Waals surface area contributed by atoms with Gasteiger partial charge in [0.15, 0.2) is 0 Å². The minimum atomic E-state index is -0.0993. The predicted molar refractivity (Wildman–Crippen MR) is 109 cm³/mol. The van der Waals surface area contributed by atoms with Crippen molar-refractivity contribution in [3.63, 3.8) is 0 Å². The molecule has 7 nitrogen and oxygen atoms in total. The maximum Gasteiger partial charge on any atom is 0.276 e. The van der Waals surface area contributed by atoms with E-state index in [2.05, 4.69) is 15.5 Å². The van der Waals surface area contributed by atoms with E-state index in [1.807, 2.05) is 18.3 Å². The van der Waals surface area contributed by atoms with E-state index in [1.54, 1.807) is 32.0 Å². The lowest BCUT2D eigenvalue weighted by molar-refractivity contribution is 0.347. The third-order valence-electron chi connectivity index (χ3n) is 5.66. The van der Waals surface area contributed by atoms with Crippen molar-refractivity contribution in [3.8, 4) is 22.6 Å². The summed E-state index contributed by atoms with van der Waals surface area (Å²) in [6.45, 7) is 2.12. The highest BCUT2D eigenvalue weighted by Crippen LogP contribution is 2.38. The van der Waals surface area contributed by atoms with Crippen molar-refractivity contribution in [2.75, 3.05) is 27.3 Å². The maximum absolute atomic E-state index is 12.3. The average Bonchev–Trinajstić information content (AvgIpc) is 3.21. The smallest absolute Gasteiger partial charge is 0.276 e. The molecule has 1 fully saturated rings. The summed E-state index contributed by atoms with van der Waals surface area (Å²) in [6.07, 6.45) is 6.77. The Labute approximate surface area is 163 Å². The van der Waals surface area contributed by atoms with Gasteiger partial charge in [0, 0.05) is 29.8 Å².